The third-order valence-corrected chi connectivity index (χ3v) is 5.13. The lowest BCUT2D eigenvalue weighted by molar-refractivity contribution is -0.141. The molecule has 154 valence electrons. The first-order valence-corrected chi connectivity index (χ1v) is 9.75. The highest BCUT2D eigenvalue weighted by molar-refractivity contribution is 7.99. The van der Waals surface area contributed by atoms with Crippen LogP contribution in [0, 0.1) is 0 Å². The van der Waals surface area contributed by atoms with E-state index in [1.165, 1.54) is 23.4 Å². The summed E-state index contributed by atoms with van der Waals surface area (Å²) in [6, 6.07) is 3.80. The molecule has 0 aliphatic carbocycles. The molecule has 0 saturated heterocycles. The van der Waals surface area contributed by atoms with Gasteiger partial charge in [0.1, 0.15) is 22.7 Å². The van der Waals surface area contributed by atoms with Crippen molar-refractivity contribution < 1.29 is 18.0 Å². The molecule has 3 aromatic heterocycles. The molecule has 0 radical (unpaired) electrons. The first kappa shape index (κ1) is 21.2. The lowest BCUT2D eigenvalue weighted by Crippen LogP contribution is -2.25. The van der Waals surface area contributed by atoms with Crippen molar-refractivity contribution in [3.05, 3.63) is 29.0 Å². The van der Waals surface area contributed by atoms with Gasteiger partial charge in [-0.25, -0.2) is 19.7 Å². The van der Waals surface area contributed by atoms with Crippen LogP contribution in [0.3, 0.4) is 0 Å². The summed E-state index contributed by atoms with van der Waals surface area (Å²) in [6.07, 6.45) is -4.64. The molecule has 3 heterocycles. The lowest BCUT2D eigenvalue weighted by Gasteiger charge is -2.11. The number of urea groups is 1. The first-order valence-electron chi connectivity index (χ1n) is 8.38. The van der Waals surface area contributed by atoms with E-state index in [-0.39, 0.29) is 22.0 Å². The van der Waals surface area contributed by atoms with Crippen molar-refractivity contribution in [3.8, 4) is 11.5 Å². The van der Waals surface area contributed by atoms with Crippen LogP contribution in [0.1, 0.15) is 12.6 Å². The Hall–Kier alpha value is -2.53. The Morgan fingerprint density at radius 1 is 1.28 bits per heavy atom. The van der Waals surface area contributed by atoms with Crippen LogP contribution in [-0.2, 0) is 13.2 Å². The third-order valence-electron chi connectivity index (χ3n) is 3.94. The Balaban J connectivity index is 2.20. The molecule has 12 heteroatoms. The number of aromatic nitrogens is 4. The van der Waals surface area contributed by atoms with Crippen LogP contribution >= 0.6 is 23.4 Å². The standard InChI is InChI=1S/C17H16ClF3N6OS/c1-4-29-9-5-6-11(26-16(28)22-2)25-12(9)15-23-8-7-10(17(19,20)21)24-14(18)13(8)27(15)3/h5-7H,4H2,1-3H3,(H2,22,25,26,28). The first-order chi connectivity index (χ1) is 13.7. The zero-order chi connectivity index (χ0) is 21.3. The molecule has 3 rings (SSSR count). The van der Waals surface area contributed by atoms with Crippen LogP contribution in [0.5, 0.6) is 0 Å². The van der Waals surface area contributed by atoms with Gasteiger partial charge in [0.25, 0.3) is 0 Å². The molecule has 0 saturated carbocycles. The predicted octanol–water partition coefficient (Wildman–Crippen LogP) is 4.57. The molecule has 0 unspecified atom stereocenters. The van der Waals surface area contributed by atoms with E-state index in [0.29, 0.717) is 11.5 Å². The normalized spacial score (nSPS) is 11.7. The highest BCUT2D eigenvalue weighted by atomic mass is 35.5. The fraction of sp³-hybridized carbons (Fsp3) is 0.294. The fourth-order valence-corrected chi connectivity index (χ4v) is 3.73. The van der Waals surface area contributed by atoms with E-state index in [2.05, 4.69) is 25.6 Å². The van der Waals surface area contributed by atoms with Gasteiger partial charge in [-0.3, -0.25) is 5.32 Å². The van der Waals surface area contributed by atoms with Gasteiger partial charge in [0.15, 0.2) is 11.0 Å². The number of imidazole rings is 1. The Morgan fingerprint density at radius 3 is 2.62 bits per heavy atom. The molecule has 0 bridgehead atoms. The average molecular weight is 445 g/mol. The second-order valence-electron chi connectivity index (χ2n) is 5.84. The molecule has 2 N–H and O–H groups in total. The summed E-state index contributed by atoms with van der Waals surface area (Å²) in [5, 5.41) is 4.69. The average Bonchev–Trinajstić information content (AvgIpc) is 2.99. The number of thioether (sulfide) groups is 1. The molecular formula is C17H16ClF3N6OS. The number of halogens is 4. The Morgan fingerprint density at radius 2 is 2.00 bits per heavy atom. The number of nitrogens with one attached hydrogen (secondary N) is 2. The van der Waals surface area contributed by atoms with Crippen LogP contribution < -0.4 is 10.6 Å². The number of fused-ring (bicyclic) bond motifs is 1. The van der Waals surface area contributed by atoms with Gasteiger partial charge in [-0.2, -0.15) is 13.2 Å². The number of rotatable bonds is 4. The van der Waals surface area contributed by atoms with Crippen molar-refractivity contribution in [2.75, 3.05) is 18.1 Å². The topological polar surface area (TPSA) is 84.7 Å². The molecule has 2 amide bonds. The summed E-state index contributed by atoms with van der Waals surface area (Å²) >= 11 is 7.52. The van der Waals surface area contributed by atoms with Crippen molar-refractivity contribution in [1.29, 1.82) is 0 Å². The minimum Gasteiger partial charge on any atom is -0.341 e. The quantitative estimate of drug-likeness (QED) is 0.455. The van der Waals surface area contributed by atoms with E-state index in [1.807, 2.05) is 6.92 Å². The summed E-state index contributed by atoms with van der Waals surface area (Å²) in [6.45, 7) is 1.95. The maximum absolute atomic E-state index is 13.1. The van der Waals surface area contributed by atoms with Gasteiger partial charge in [0.05, 0.1) is 5.52 Å². The van der Waals surface area contributed by atoms with Crippen LogP contribution in [0.15, 0.2) is 23.1 Å². The van der Waals surface area contributed by atoms with Gasteiger partial charge in [-0.05, 0) is 24.0 Å². The number of carbonyl (C=O) groups excluding carboxylic acids is 1. The molecule has 0 aromatic carbocycles. The molecule has 3 aromatic rings. The third kappa shape index (κ3) is 4.25. The van der Waals surface area contributed by atoms with E-state index < -0.39 is 17.9 Å². The Bertz CT molecular complexity index is 1090. The summed E-state index contributed by atoms with van der Waals surface area (Å²) < 4.78 is 40.8. The number of hydrogen-bond donors (Lipinski definition) is 2. The second-order valence-corrected chi connectivity index (χ2v) is 7.50. The lowest BCUT2D eigenvalue weighted by atomic mass is 10.3. The van der Waals surface area contributed by atoms with E-state index in [1.54, 1.807) is 19.2 Å². The van der Waals surface area contributed by atoms with Crippen LogP contribution in [0.4, 0.5) is 23.8 Å². The number of hydrogen-bond acceptors (Lipinski definition) is 5. The van der Waals surface area contributed by atoms with Crippen molar-refractivity contribution in [1.82, 2.24) is 24.8 Å². The molecule has 0 fully saturated rings. The number of pyridine rings is 2. The van der Waals surface area contributed by atoms with Crippen LogP contribution in [0.25, 0.3) is 22.6 Å². The number of amides is 2. The van der Waals surface area contributed by atoms with Crippen molar-refractivity contribution in [3.63, 3.8) is 0 Å². The zero-order valence-corrected chi connectivity index (χ0v) is 17.1. The predicted molar refractivity (Wildman–Crippen MR) is 106 cm³/mol. The van der Waals surface area contributed by atoms with E-state index in [9.17, 15) is 18.0 Å². The van der Waals surface area contributed by atoms with Gasteiger partial charge in [0, 0.05) is 19.0 Å². The molecule has 7 nitrogen and oxygen atoms in total. The number of alkyl halides is 3. The van der Waals surface area contributed by atoms with E-state index in [0.717, 1.165) is 16.7 Å². The summed E-state index contributed by atoms with van der Waals surface area (Å²) in [4.78, 5) is 24.6. The van der Waals surface area contributed by atoms with Gasteiger partial charge in [0.2, 0.25) is 0 Å². The molecule has 0 atom stereocenters. The highest BCUT2D eigenvalue weighted by Crippen LogP contribution is 2.36. The smallest absolute Gasteiger partial charge is 0.341 e. The maximum Gasteiger partial charge on any atom is 0.433 e. The fourth-order valence-electron chi connectivity index (χ4n) is 2.67. The van der Waals surface area contributed by atoms with Gasteiger partial charge < -0.3 is 9.88 Å². The van der Waals surface area contributed by atoms with E-state index >= 15 is 0 Å². The van der Waals surface area contributed by atoms with Crippen molar-refractivity contribution in [2.24, 2.45) is 7.05 Å². The molecule has 29 heavy (non-hydrogen) atoms. The second kappa shape index (κ2) is 8.07. The molecule has 0 spiro atoms. The largest absolute Gasteiger partial charge is 0.433 e. The minimum atomic E-state index is -4.64. The van der Waals surface area contributed by atoms with Gasteiger partial charge >= 0.3 is 12.2 Å². The minimum absolute atomic E-state index is 0.0498. The maximum atomic E-state index is 13.1. The van der Waals surface area contributed by atoms with Crippen molar-refractivity contribution in [2.45, 2.75) is 18.0 Å². The molecular weight excluding hydrogens is 429 g/mol. The molecule has 0 aliphatic rings. The molecule has 0 aliphatic heterocycles. The van der Waals surface area contributed by atoms with Gasteiger partial charge in [-0.15, -0.1) is 11.8 Å². The summed E-state index contributed by atoms with van der Waals surface area (Å²) in [7, 11) is 3.09. The SMILES string of the molecule is CCSc1ccc(NC(=O)NC)nc1-c1nc2cc(C(F)(F)F)nc(Cl)c2n1C. The van der Waals surface area contributed by atoms with Crippen LogP contribution in [0.2, 0.25) is 5.15 Å². The highest BCUT2D eigenvalue weighted by Gasteiger charge is 2.34. The number of carbonyl (C=O) groups is 1. The van der Waals surface area contributed by atoms with Crippen LogP contribution in [-0.4, -0.2) is 38.4 Å². The monoisotopic (exact) mass is 444 g/mol. The number of nitrogens with zero attached hydrogens (tertiary/aromatic N) is 4. The zero-order valence-electron chi connectivity index (χ0n) is 15.6. The summed E-state index contributed by atoms with van der Waals surface area (Å²) in [5.41, 5.74) is -0.401. The Labute approximate surface area is 173 Å². The summed E-state index contributed by atoms with van der Waals surface area (Å²) in [5.74, 6) is 1.31. The van der Waals surface area contributed by atoms with Crippen molar-refractivity contribution >= 4 is 46.2 Å². The Kier molecular flexibility index (Phi) is 5.90. The van der Waals surface area contributed by atoms with E-state index in [4.69, 9.17) is 11.6 Å². The number of aryl methyl sites for hydroxylation is 1. The van der Waals surface area contributed by atoms with Gasteiger partial charge in [-0.1, -0.05) is 18.5 Å². The number of anilines is 1.